The third-order valence-electron chi connectivity index (χ3n) is 3.08. The highest BCUT2D eigenvalue weighted by molar-refractivity contribution is 9.10. The zero-order chi connectivity index (χ0) is 14.7. The van der Waals surface area contributed by atoms with Gasteiger partial charge in [0.05, 0.1) is 17.9 Å². The van der Waals surface area contributed by atoms with E-state index in [1.54, 1.807) is 22.3 Å². The van der Waals surface area contributed by atoms with Crippen LogP contribution in [0.3, 0.4) is 0 Å². The van der Waals surface area contributed by atoms with Gasteiger partial charge in [0.25, 0.3) is 0 Å². The summed E-state index contributed by atoms with van der Waals surface area (Å²) in [7, 11) is 0. The Morgan fingerprint density at radius 1 is 1.33 bits per heavy atom. The van der Waals surface area contributed by atoms with Gasteiger partial charge in [0.1, 0.15) is 5.69 Å². The number of hydrogen-bond acceptors (Lipinski definition) is 5. The molecule has 0 aliphatic rings. The quantitative estimate of drug-likeness (QED) is 0.540. The standard InChI is InChI=1S/C14H14BrN5S/c15-10-6-12(21-9-10)7-13(18-16)14-8-17-20(19-14)11-4-2-1-3-5-11/h1-6,8-9,13,18H,7,16H2. The molecule has 0 bridgehead atoms. The molecule has 0 saturated heterocycles. The number of rotatable bonds is 5. The minimum absolute atomic E-state index is 0.0620. The van der Waals surface area contributed by atoms with Crippen molar-refractivity contribution >= 4 is 27.3 Å². The van der Waals surface area contributed by atoms with Crippen molar-refractivity contribution in [3.05, 3.63) is 63.0 Å². The summed E-state index contributed by atoms with van der Waals surface area (Å²) in [5.41, 5.74) is 4.57. The van der Waals surface area contributed by atoms with E-state index in [2.05, 4.69) is 43.0 Å². The van der Waals surface area contributed by atoms with Crippen molar-refractivity contribution < 1.29 is 0 Å². The highest BCUT2D eigenvalue weighted by Gasteiger charge is 2.16. The average molecular weight is 364 g/mol. The van der Waals surface area contributed by atoms with Crippen LogP contribution >= 0.6 is 27.3 Å². The first-order valence-electron chi connectivity index (χ1n) is 6.43. The molecule has 3 rings (SSSR count). The van der Waals surface area contributed by atoms with Crippen LogP contribution in [0.5, 0.6) is 0 Å². The second-order valence-corrected chi connectivity index (χ2v) is 6.46. The van der Waals surface area contributed by atoms with Gasteiger partial charge in [-0.1, -0.05) is 18.2 Å². The van der Waals surface area contributed by atoms with Crippen LogP contribution in [-0.2, 0) is 6.42 Å². The van der Waals surface area contributed by atoms with Gasteiger partial charge in [-0.25, -0.2) is 0 Å². The van der Waals surface area contributed by atoms with Gasteiger partial charge < -0.3 is 0 Å². The first kappa shape index (κ1) is 14.4. The molecule has 108 valence electrons. The molecule has 7 heteroatoms. The number of hydrogen-bond donors (Lipinski definition) is 2. The molecule has 0 spiro atoms. The van der Waals surface area contributed by atoms with Crippen molar-refractivity contribution in [2.45, 2.75) is 12.5 Å². The molecule has 3 N–H and O–H groups in total. The largest absolute Gasteiger partial charge is 0.271 e. The molecule has 0 saturated carbocycles. The predicted molar refractivity (Wildman–Crippen MR) is 87.1 cm³/mol. The van der Waals surface area contributed by atoms with Gasteiger partial charge in [-0.2, -0.15) is 15.0 Å². The molecule has 0 aliphatic heterocycles. The Balaban J connectivity index is 1.80. The molecule has 2 aromatic heterocycles. The highest BCUT2D eigenvalue weighted by Crippen LogP contribution is 2.24. The first-order valence-corrected chi connectivity index (χ1v) is 8.10. The Bertz CT molecular complexity index is 709. The molecule has 0 aliphatic carbocycles. The van der Waals surface area contributed by atoms with Crippen molar-refractivity contribution in [3.63, 3.8) is 0 Å². The van der Waals surface area contributed by atoms with E-state index < -0.39 is 0 Å². The number of nitrogens with two attached hydrogens (primary N) is 1. The van der Waals surface area contributed by atoms with Crippen LogP contribution in [0, 0.1) is 0 Å². The van der Waals surface area contributed by atoms with Crippen LogP contribution < -0.4 is 11.3 Å². The Hall–Kier alpha value is -1.54. The molecule has 1 aromatic carbocycles. The summed E-state index contributed by atoms with van der Waals surface area (Å²) < 4.78 is 1.09. The molecule has 2 heterocycles. The van der Waals surface area contributed by atoms with Gasteiger partial charge in [-0.15, -0.1) is 11.3 Å². The molecular formula is C14H14BrN5S. The number of hydrazine groups is 1. The summed E-state index contributed by atoms with van der Waals surface area (Å²) in [6.07, 6.45) is 2.53. The SMILES string of the molecule is NNC(Cc1cc(Br)cs1)c1cnn(-c2ccccc2)n1. The van der Waals surface area contributed by atoms with Crippen molar-refractivity contribution in [2.24, 2.45) is 5.84 Å². The average Bonchev–Trinajstić information content (AvgIpc) is 3.15. The number of nitrogens with one attached hydrogen (secondary N) is 1. The van der Waals surface area contributed by atoms with Crippen molar-refractivity contribution in [3.8, 4) is 5.69 Å². The lowest BCUT2D eigenvalue weighted by atomic mass is 10.1. The number of thiophene rings is 1. The lowest BCUT2D eigenvalue weighted by Crippen LogP contribution is -2.29. The lowest BCUT2D eigenvalue weighted by molar-refractivity contribution is 0.536. The second-order valence-electron chi connectivity index (χ2n) is 4.55. The number of para-hydroxylation sites is 1. The minimum Gasteiger partial charge on any atom is -0.271 e. The number of benzene rings is 1. The predicted octanol–water partition coefficient (Wildman–Crippen LogP) is 2.84. The van der Waals surface area contributed by atoms with E-state index in [0.29, 0.717) is 0 Å². The van der Waals surface area contributed by atoms with Gasteiger partial charge in [0, 0.05) is 21.2 Å². The highest BCUT2D eigenvalue weighted by atomic mass is 79.9. The second kappa shape index (κ2) is 6.48. The lowest BCUT2D eigenvalue weighted by Gasteiger charge is -2.11. The van der Waals surface area contributed by atoms with E-state index in [9.17, 15) is 0 Å². The fraction of sp³-hybridized carbons (Fsp3) is 0.143. The molecule has 1 atom stereocenters. The van der Waals surface area contributed by atoms with E-state index in [1.165, 1.54) is 4.88 Å². The van der Waals surface area contributed by atoms with Crippen LogP contribution in [0.2, 0.25) is 0 Å². The molecule has 0 radical (unpaired) electrons. The zero-order valence-electron chi connectivity index (χ0n) is 11.1. The fourth-order valence-corrected chi connectivity index (χ4v) is 3.53. The molecule has 1 unspecified atom stereocenters. The third-order valence-corrected chi connectivity index (χ3v) is 4.80. The van der Waals surface area contributed by atoms with Crippen LogP contribution in [0.25, 0.3) is 5.69 Å². The first-order chi connectivity index (χ1) is 10.3. The maximum atomic E-state index is 5.67. The van der Waals surface area contributed by atoms with Gasteiger partial charge in [-0.05, 0) is 34.1 Å². The van der Waals surface area contributed by atoms with Crippen molar-refractivity contribution in [1.82, 2.24) is 20.4 Å². The minimum atomic E-state index is -0.0620. The van der Waals surface area contributed by atoms with Crippen molar-refractivity contribution in [1.29, 1.82) is 0 Å². The summed E-state index contributed by atoms with van der Waals surface area (Å²) in [6, 6.07) is 11.8. The fourth-order valence-electron chi connectivity index (χ4n) is 2.03. The smallest absolute Gasteiger partial charge is 0.102 e. The van der Waals surface area contributed by atoms with E-state index in [1.807, 2.05) is 30.3 Å². The number of aromatic nitrogens is 3. The van der Waals surface area contributed by atoms with Crippen LogP contribution in [0.4, 0.5) is 0 Å². The maximum Gasteiger partial charge on any atom is 0.102 e. The van der Waals surface area contributed by atoms with Gasteiger partial charge >= 0.3 is 0 Å². The Morgan fingerprint density at radius 2 is 2.14 bits per heavy atom. The molecule has 0 amide bonds. The Labute approximate surface area is 134 Å². The summed E-state index contributed by atoms with van der Waals surface area (Å²) in [6.45, 7) is 0. The number of nitrogens with zero attached hydrogens (tertiary/aromatic N) is 3. The molecule has 0 fully saturated rings. The maximum absolute atomic E-state index is 5.67. The molecule has 21 heavy (non-hydrogen) atoms. The van der Waals surface area contributed by atoms with E-state index in [0.717, 1.165) is 22.3 Å². The van der Waals surface area contributed by atoms with E-state index in [-0.39, 0.29) is 6.04 Å². The normalized spacial score (nSPS) is 12.5. The van der Waals surface area contributed by atoms with Crippen LogP contribution in [0.15, 0.2) is 52.4 Å². The third kappa shape index (κ3) is 3.38. The Kier molecular flexibility index (Phi) is 4.45. The monoisotopic (exact) mass is 363 g/mol. The summed E-state index contributed by atoms with van der Waals surface area (Å²) in [5, 5.41) is 10.9. The van der Waals surface area contributed by atoms with Crippen LogP contribution in [0.1, 0.15) is 16.6 Å². The Morgan fingerprint density at radius 3 is 2.81 bits per heavy atom. The van der Waals surface area contributed by atoms with Gasteiger partial charge in [-0.3, -0.25) is 11.3 Å². The van der Waals surface area contributed by atoms with Gasteiger partial charge in [0.2, 0.25) is 0 Å². The molecular weight excluding hydrogens is 350 g/mol. The molecule has 3 aromatic rings. The van der Waals surface area contributed by atoms with Crippen molar-refractivity contribution in [2.75, 3.05) is 0 Å². The van der Waals surface area contributed by atoms with Gasteiger partial charge in [0.15, 0.2) is 0 Å². The summed E-state index contributed by atoms with van der Waals surface area (Å²) in [5.74, 6) is 5.67. The molecule has 5 nitrogen and oxygen atoms in total. The van der Waals surface area contributed by atoms with E-state index >= 15 is 0 Å². The summed E-state index contributed by atoms with van der Waals surface area (Å²) in [4.78, 5) is 2.85. The van der Waals surface area contributed by atoms with E-state index in [4.69, 9.17) is 5.84 Å². The zero-order valence-corrected chi connectivity index (χ0v) is 13.5. The van der Waals surface area contributed by atoms with Crippen LogP contribution in [-0.4, -0.2) is 15.0 Å². The number of halogens is 1. The topological polar surface area (TPSA) is 68.8 Å². The summed E-state index contributed by atoms with van der Waals surface area (Å²) >= 11 is 5.16.